The maximum absolute atomic E-state index is 12.3. The minimum absolute atomic E-state index is 0.272. The van der Waals surface area contributed by atoms with Gasteiger partial charge in [-0.25, -0.2) is 9.59 Å². The number of benzene rings is 1. The number of allylic oxidation sites excluding steroid dienone is 1. The van der Waals surface area contributed by atoms with Crippen LogP contribution in [0.15, 0.2) is 29.5 Å². The lowest BCUT2D eigenvalue weighted by Gasteiger charge is -2.29. The molecule has 0 aromatic heterocycles. The van der Waals surface area contributed by atoms with E-state index in [1.807, 2.05) is 0 Å². The fraction of sp³-hybridized carbons (Fsp3) is 0.333. The monoisotopic (exact) mass is 342 g/mol. The lowest BCUT2D eigenvalue weighted by atomic mass is 9.95. The smallest absolute Gasteiger partial charge is 0.338 e. The molecule has 0 saturated heterocycles. The zero-order chi connectivity index (χ0) is 16.4. The summed E-state index contributed by atoms with van der Waals surface area (Å²) in [5.41, 5.74) is 1.33. The predicted octanol–water partition coefficient (Wildman–Crippen LogP) is 3.57. The second-order valence-electron chi connectivity index (χ2n) is 5.19. The highest BCUT2D eigenvalue weighted by atomic mass is 35.5. The number of rotatable bonds is 3. The van der Waals surface area contributed by atoms with Crippen molar-refractivity contribution in [2.24, 2.45) is 0 Å². The highest BCUT2D eigenvalue weighted by Gasteiger charge is 2.33. The van der Waals surface area contributed by atoms with Gasteiger partial charge in [-0.3, -0.25) is 0 Å². The Kier molecular flexibility index (Phi) is 4.98. The summed E-state index contributed by atoms with van der Waals surface area (Å²) in [5.74, 6) is -0.504. The molecule has 5 nitrogen and oxygen atoms in total. The largest absolute Gasteiger partial charge is 0.459 e. The van der Waals surface area contributed by atoms with Crippen molar-refractivity contribution in [2.75, 3.05) is 0 Å². The third-order valence-electron chi connectivity index (χ3n) is 3.11. The van der Waals surface area contributed by atoms with Crippen LogP contribution >= 0.6 is 23.2 Å². The number of hydrogen-bond donors (Lipinski definition) is 2. The first-order valence-corrected chi connectivity index (χ1v) is 7.49. The molecule has 0 bridgehead atoms. The van der Waals surface area contributed by atoms with Gasteiger partial charge in [0.1, 0.15) is 0 Å². The number of halogens is 2. The summed E-state index contributed by atoms with van der Waals surface area (Å²) >= 11 is 12.1. The molecule has 7 heteroatoms. The minimum atomic E-state index is -0.690. The van der Waals surface area contributed by atoms with Gasteiger partial charge in [-0.1, -0.05) is 29.3 Å². The molecule has 1 aliphatic heterocycles. The molecule has 2 rings (SSSR count). The van der Waals surface area contributed by atoms with Gasteiger partial charge in [-0.05, 0) is 38.5 Å². The van der Waals surface area contributed by atoms with Crippen molar-refractivity contribution in [1.82, 2.24) is 10.6 Å². The highest BCUT2D eigenvalue weighted by molar-refractivity contribution is 6.35. The van der Waals surface area contributed by atoms with Crippen molar-refractivity contribution >= 4 is 35.2 Å². The van der Waals surface area contributed by atoms with E-state index < -0.39 is 18.0 Å². The second-order valence-corrected chi connectivity index (χ2v) is 6.03. The molecular formula is C15H16Cl2N2O3. The van der Waals surface area contributed by atoms with Gasteiger partial charge in [0.15, 0.2) is 0 Å². The van der Waals surface area contributed by atoms with Crippen molar-refractivity contribution in [1.29, 1.82) is 0 Å². The third-order valence-corrected chi connectivity index (χ3v) is 3.67. The Balaban J connectivity index is 2.48. The number of amides is 2. The van der Waals surface area contributed by atoms with Crippen molar-refractivity contribution in [3.63, 3.8) is 0 Å². The minimum Gasteiger partial charge on any atom is -0.459 e. The number of esters is 1. The quantitative estimate of drug-likeness (QED) is 0.825. The van der Waals surface area contributed by atoms with Crippen molar-refractivity contribution < 1.29 is 14.3 Å². The Bertz CT molecular complexity index is 656. The lowest BCUT2D eigenvalue weighted by molar-refractivity contribution is -0.143. The van der Waals surface area contributed by atoms with Crippen LogP contribution in [0.5, 0.6) is 0 Å². The van der Waals surface area contributed by atoms with Crippen LogP contribution in [0.2, 0.25) is 10.0 Å². The molecule has 1 aromatic carbocycles. The molecule has 1 unspecified atom stereocenters. The molecule has 0 saturated carbocycles. The van der Waals surface area contributed by atoms with Gasteiger partial charge in [0.05, 0.1) is 17.7 Å². The van der Waals surface area contributed by atoms with E-state index in [1.54, 1.807) is 39.0 Å². The predicted molar refractivity (Wildman–Crippen MR) is 84.8 cm³/mol. The summed E-state index contributed by atoms with van der Waals surface area (Å²) in [4.78, 5) is 24.1. The van der Waals surface area contributed by atoms with Gasteiger partial charge >= 0.3 is 12.0 Å². The average molecular weight is 343 g/mol. The number of nitrogens with one attached hydrogen (secondary N) is 2. The van der Waals surface area contributed by atoms with Gasteiger partial charge in [0.25, 0.3) is 0 Å². The summed E-state index contributed by atoms with van der Waals surface area (Å²) in [6.45, 7) is 5.16. The number of carbonyl (C=O) groups excluding carboxylic acids is 2. The van der Waals surface area contributed by atoms with Crippen LogP contribution in [0.4, 0.5) is 4.79 Å². The SMILES string of the molecule is CC1=C(C(=O)OC(C)C)C(c2ccc(Cl)cc2Cl)NC(=O)N1. The normalized spacial score (nSPS) is 18.1. The average Bonchev–Trinajstić information content (AvgIpc) is 2.36. The van der Waals surface area contributed by atoms with Crippen molar-refractivity contribution in [2.45, 2.75) is 32.9 Å². The van der Waals surface area contributed by atoms with E-state index in [4.69, 9.17) is 27.9 Å². The summed E-state index contributed by atoms with van der Waals surface area (Å²) in [5, 5.41) is 6.10. The van der Waals surface area contributed by atoms with Crippen LogP contribution in [0.1, 0.15) is 32.4 Å². The fourth-order valence-electron chi connectivity index (χ4n) is 2.21. The van der Waals surface area contributed by atoms with Crippen LogP contribution in [0.25, 0.3) is 0 Å². The first-order valence-electron chi connectivity index (χ1n) is 6.73. The molecule has 0 fully saturated rings. The molecular weight excluding hydrogens is 327 g/mol. The second kappa shape index (κ2) is 6.58. The van der Waals surface area contributed by atoms with Crippen LogP contribution in [-0.4, -0.2) is 18.1 Å². The van der Waals surface area contributed by atoms with Gasteiger partial charge in [0.2, 0.25) is 0 Å². The van der Waals surface area contributed by atoms with Crippen molar-refractivity contribution in [3.05, 3.63) is 45.1 Å². The van der Waals surface area contributed by atoms with E-state index in [-0.39, 0.29) is 6.10 Å². The van der Waals surface area contributed by atoms with E-state index in [0.717, 1.165) is 0 Å². The molecule has 2 amide bonds. The summed E-state index contributed by atoms with van der Waals surface area (Å²) < 4.78 is 5.25. The third kappa shape index (κ3) is 3.54. The fourth-order valence-corrected chi connectivity index (χ4v) is 2.73. The lowest BCUT2D eigenvalue weighted by Crippen LogP contribution is -2.45. The van der Waals surface area contributed by atoms with Crippen LogP contribution in [0, 0.1) is 0 Å². The highest BCUT2D eigenvalue weighted by Crippen LogP contribution is 2.33. The van der Waals surface area contributed by atoms with E-state index >= 15 is 0 Å². The Morgan fingerprint density at radius 3 is 2.59 bits per heavy atom. The van der Waals surface area contributed by atoms with Crippen molar-refractivity contribution in [3.8, 4) is 0 Å². The first-order chi connectivity index (χ1) is 10.3. The molecule has 1 aromatic rings. The topological polar surface area (TPSA) is 67.4 Å². The number of carbonyl (C=O) groups is 2. The van der Waals surface area contributed by atoms with Gasteiger partial charge in [-0.2, -0.15) is 0 Å². The first kappa shape index (κ1) is 16.6. The molecule has 0 radical (unpaired) electrons. The van der Waals surface area contributed by atoms with Gasteiger partial charge < -0.3 is 15.4 Å². The van der Waals surface area contributed by atoms with Crippen LogP contribution < -0.4 is 10.6 Å². The Morgan fingerprint density at radius 2 is 2.00 bits per heavy atom. The summed E-state index contributed by atoms with van der Waals surface area (Å²) in [6, 6.07) is 3.79. The van der Waals surface area contributed by atoms with E-state index in [9.17, 15) is 9.59 Å². The number of urea groups is 1. The van der Waals surface area contributed by atoms with Gasteiger partial charge in [-0.15, -0.1) is 0 Å². The Labute approximate surface area is 138 Å². The Morgan fingerprint density at radius 1 is 1.32 bits per heavy atom. The molecule has 0 aliphatic carbocycles. The Hall–Kier alpha value is -1.72. The summed E-state index contributed by atoms with van der Waals surface area (Å²) in [6.07, 6.45) is -0.272. The standard InChI is InChI=1S/C15H16Cl2N2O3/c1-7(2)22-14(20)12-8(3)18-15(21)19-13(12)10-5-4-9(16)6-11(10)17/h4-7,13H,1-3H3,(H2,18,19,21). The summed E-state index contributed by atoms with van der Waals surface area (Å²) in [7, 11) is 0. The molecule has 22 heavy (non-hydrogen) atoms. The molecule has 1 aliphatic rings. The maximum Gasteiger partial charge on any atom is 0.338 e. The maximum atomic E-state index is 12.3. The van der Waals surface area contributed by atoms with E-state index in [1.165, 1.54) is 0 Å². The van der Waals surface area contributed by atoms with E-state index in [0.29, 0.717) is 26.9 Å². The van der Waals surface area contributed by atoms with Crippen LogP contribution in [0.3, 0.4) is 0 Å². The van der Waals surface area contributed by atoms with Gasteiger partial charge in [0, 0.05) is 15.7 Å². The molecule has 1 atom stereocenters. The van der Waals surface area contributed by atoms with E-state index in [2.05, 4.69) is 10.6 Å². The molecule has 1 heterocycles. The zero-order valence-corrected chi connectivity index (χ0v) is 13.9. The molecule has 118 valence electrons. The molecule has 2 N–H and O–H groups in total. The number of ether oxygens (including phenoxy) is 1. The zero-order valence-electron chi connectivity index (χ0n) is 12.4. The molecule has 0 spiro atoms. The number of hydrogen-bond acceptors (Lipinski definition) is 3. The van der Waals surface area contributed by atoms with Crippen LogP contribution in [-0.2, 0) is 9.53 Å².